The molecular weight excluding hydrogens is 736 g/mol. The number of carbonyl (C=O) groups excluding carboxylic acids is 8. The average molecular weight is 793 g/mol. The monoisotopic (exact) mass is 792 g/mol. The van der Waals surface area contributed by atoms with Crippen LogP contribution >= 0.6 is 0 Å². The van der Waals surface area contributed by atoms with Crippen molar-refractivity contribution in [1.82, 2.24) is 37.2 Å². The molecule has 20 nitrogen and oxygen atoms in total. The van der Waals surface area contributed by atoms with Crippen LogP contribution in [0, 0.1) is 11.8 Å². The van der Waals surface area contributed by atoms with E-state index in [1.165, 1.54) is 6.92 Å². The number of carboxylic acids is 1. The number of nitrogens with one attached hydrogen (secondary N) is 7. The first-order valence-corrected chi connectivity index (χ1v) is 18.1. The van der Waals surface area contributed by atoms with Gasteiger partial charge in [0.25, 0.3) is 0 Å². The maximum absolute atomic E-state index is 13.5. The van der Waals surface area contributed by atoms with Gasteiger partial charge in [0, 0.05) is 13.3 Å². The molecule has 1 aromatic carbocycles. The van der Waals surface area contributed by atoms with Crippen LogP contribution in [0.3, 0.4) is 0 Å². The molecule has 1 rings (SSSR count). The van der Waals surface area contributed by atoms with Gasteiger partial charge in [0.1, 0.15) is 36.3 Å². The van der Waals surface area contributed by atoms with E-state index < -0.39 is 115 Å². The van der Waals surface area contributed by atoms with Crippen molar-refractivity contribution < 1.29 is 58.5 Å². The van der Waals surface area contributed by atoms with Crippen molar-refractivity contribution in [3.63, 3.8) is 0 Å². The fourth-order valence-corrected chi connectivity index (χ4v) is 5.27. The molecule has 56 heavy (non-hydrogen) atoms. The summed E-state index contributed by atoms with van der Waals surface area (Å²) in [6, 6.07) is -0.478. The Kier molecular flexibility index (Phi) is 20.7. The maximum Gasteiger partial charge on any atom is 0.326 e. The van der Waals surface area contributed by atoms with Gasteiger partial charge in [0.05, 0.1) is 25.7 Å². The van der Waals surface area contributed by atoms with E-state index in [0.29, 0.717) is 12.0 Å². The van der Waals surface area contributed by atoms with Gasteiger partial charge in [0.15, 0.2) is 0 Å². The summed E-state index contributed by atoms with van der Waals surface area (Å²) in [5.41, 5.74) is 5.90. The quantitative estimate of drug-likeness (QED) is 0.0491. The molecule has 0 unspecified atom stereocenters. The van der Waals surface area contributed by atoms with Gasteiger partial charge >= 0.3 is 5.97 Å². The predicted molar refractivity (Wildman–Crippen MR) is 200 cm³/mol. The van der Waals surface area contributed by atoms with E-state index in [2.05, 4.69) is 37.2 Å². The van der Waals surface area contributed by atoms with Gasteiger partial charge in [-0.25, -0.2) is 4.79 Å². The Bertz CT molecular complexity index is 1540. The van der Waals surface area contributed by atoms with Crippen molar-refractivity contribution >= 4 is 53.2 Å². The number of carboxylic acid groups (broad SMARTS) is 1. The Morgan fingerprint density at radius 3 is 1.75 bits per heavy atom. The lowest BCUT2D eigenvalue weighted by Gasteiger charge is -2.28. The van der Waals surface area contributed by atoms with Crippen LogP contribution in [0.15, 0.2) is 30.3 Å². The van der Waals surface area contributed by atoms with E-state index in [-0.39, 0.29) is 24.7 Å². The molecule has 0 heterocycles. The first-order valence-electron chi connectivity index (χ1n) is 18.1. The van der Waals surface area contributed by atoms with Crippen LogP contribution in [-0.2, 0) is 49.6 Å². The minimum atomic E-state index is -1.75. The van der Waals surface area contributed by atoms with Gasteiger partial charge in [0.2, 0.25) is 47.3 Å². The Morgan fingerprint density at radius 1 is 0.696 bits per heavy atom. The first kappa shape index (κ1) is 48.4. The highest BCUT2D eigenvalue weighted by molar-refractivity contribution is 5.98. The lowest BCUT2D eigenvalue weighted by molar-refractivity contribution is -0.142. The largest absolute Gasteiger partial charge is 0.480 e. The molecule has 0 aromatic heterocycles. The molecule has 1 aromatic rings. The number of hydrogen-bond donors (Lipinski definition) is 11. The Labute approximate surface area is 324 Å². The van der Waals surface area contributed by atoms with Crippen LogP contribution < -0.4 is 43.0 Å². The smallest absolute Gasteiger partial charge is 0.326 e. The molecule has 12 N–H and O–H groups in total. The summed E-state index contributed by atoms with van der Waals surface area (Å²) in [4.78, 5) is 114. The van der Waals surface area contributed by atoms with E-state index in [4.69, 9.17) is 5.73 Å². The number of aliphatic hydroxyl groups excluding tert-OH is 2. The molecule has 8 atom stereocenters. The third kappa shape index (κ3) is 17.2. The van der Waals surface area contributed by atoms with Crippen LogP contribution in [0.4, 0.5) is 0 Å². The molecule has 0 aliphatic rings. The summed E-state index contributed by atoms with van der Waals surface area (Å²) in [5, 5.41) is 46.3. The third-order valence-corrected chi connectivity index (χ3v) is 8.45. The summed E-state index contributed by atoms with van der Waals surface area (Å²) in [5.74, 6) is -9.15. The van der Waals surface area contributed by atoms with Gasteiger partial charge in [-0.1, -0.05) is 64.4 Å². The van der Waals surface area contributed by atoms with Crippen LogP contribution in [-0.4, -0.2) is 124 Å². The maximum atomic E-state index is 13.5. The molecule has 0 bridgehead atoms. The number of hydrogen-bond acceptors (Lipinski definition) is 11. The van der Waals surface area contributed by atoms with Crippen molar-refractivity contribution in [2.75, 3.05) is 13.2 Å². The minimum absolute atomic E-state index is 0.0460. The molecule has 0 fully saturated rings. The van der Waals surface area contributed by atoms with E-state index in [1.54, 1.807) is 58.0 Å². The highest BCUT2D eigenvalue weighted by Crippen LogP contribution is 2.10. The number of rotatable bonds is 24. The van der Waals surface area contributed by atoms with Crippen LogP contribution in [0.25, 0.3) is 0 Å². The topological polar surface area (TPSA) is 325 Å². The standard InChI is InChI=1S/C36H56N8O12/c1-7-19(4)29(39-21(6)47)34(53)38-16-28(49)40-26(17-45)33(52)44-30(20(5)46)35(54)42-23(13-18(2)3)31(50)41-24(15-27(37)48)32(51)43-25(36(55)56)14-22-11-9-8-10-12-22/h8-12,18-20,23-26,29-30,45-46H,7,13-17H2,1-6H3,(H2,37,48)(H,38,53)(H,39,47)(H,40,49)(H,41,50)(H,42,54)(H,43,51)(H,44,52)(H,55,56)/t19-,20+,23-,24-,25-,26-,29-,30-/m0/s1. The lowest BCUT2D eigenvalue weighted by atomic mass is 9.98. The third-order valence-electron chi connectivity index (χ3n) is 8.45. The van der Waals surface area contributed by atoms with Crippen LogP contribution in [0.1, 0.15) is 66.4 Å². The molecule has 312 valence electrons. The van der Waals surface area contributed by atoms with E-state index in [0.717, 1.165) is 6.92 Å². The zero-order chi connectivity index (χ0) is 42.7. The number of aliphatic carboxylic acids is 1. The molecule has 0 aliphatic carbocycles. The first-order chi connectivity index (χ1) is 26.2. The SMILES string of the molecule is CC[C@H](C)[C@H](NC(C)=O)C(=O)NCC(=O)N[C@@H](CO)C(=O)N[C@H](C(=O)N[C@@H](CC(C)C)C(=O)N[C@@H](CC(N)=O)C(=O)N[C@@H](Cc1ccccc1)C(=O)O)[C@@H](C)O. The number of benzene rings is 1. The van der Waals surface area contributed by atoms with E-state index >= 15 is 0 Å². The lowest BCUT2D eigenvalue weighted by Crippen LogP contribution is -2.62. The zero-order valence-electron chi connectivity index (χ0n) is 32.4. The van der Waals surface area contributed by atoms with Crippen LogP contribution in [0.2, 0.25) is 0 Å². The second-order valence-electron chi connectivity index (χ2n) is 13.8. The van der Waals surface area contributed by atoms with Gasteiger partial charge in [-0.05, 0) is 30.7 Å². The van der Waals surface area contributed by atoms with Gasteiger partial charge in [-0.3, -0.25) is 38.4 Å². The number of amides is 8. The van der Waals surface area contributed by atoms with Crippen LogP contribution in [0.5, 0.6) is 0 Å². The highest BCUT2D eigenvalue weighted by atomic mass is 16.4. The molecule has 0 spiro atoms. The second-order valence-corrected chi connectivity index (χ2v) is 13.8. The second kappa shape index (κ2) is 24.0. The average Bonchev–Trinajstić information content (AvgIpc) is 3.12. The summed E-state index contributed by atoms with van der Waals surface area (Å²) >= 11 is 0. The van der Waals surface area contributed by atoms with Crippen molar-refractivity contribution in [2.45, 2.75) is 110 Å². The summed E-state index contributed by atoms with van der Waals surface area (Å²) in [6.07, 6.45) is -1.94. The summed E-state index contributed by atoms with van der Waals surface area (Å²) in [7, 11) is 0. The normalized spacial score (nSPS) is 15.2. The Balaban J connectivity index is 3.08. The highest BCUT2D eigenvalue weighted by Gasteiger charge is 2.35. The number of aliphatic hydroxyl groups is 2. The molecule has 0 aliphatic heterocycles. The van der Waals surface area contributed by atoms with E-state index in [9.17, 15) is 58.5 Å². The summed E-state index contributed by atoms with van der Waals surface area (Å²) in [6.45, 7) is 7.72. The number of carbonyl (C=O) groups is 9. The van der Waals surface area contributed by atoms with Crippen molar-refractivity contribution in [1.29, 1.82) is 0 Å². The number of nitrogens with two attached hydrogens (primary N) is 1. The van der Waals surface area contributed by atoms with Gasteiger partial charge < -0.3 is 58.3 Å². The Hall–Kier alpha value is -5.63. The molecule has 0 saturated heterocycles. The number of primary amides is 1. The molecule has 0 radical (unpaired) electrons. The van der Waals surface area contributed by atoms with Gasteiger partial charge in [-0.15, -0.1) is 0 Å². The van der Waals surface area contributed by atoms with Crippen molar-refractivity contribution in [3.8, 4) is 0 Å². The van der Waals surface area contributed by atoms with Crippen molar-refractivity contribution in [3.05, 3.63) is 35.9 Å². The zero-order valence-corrected chi connectivity index (χ0v) is 32.4. The van der Waals surface area contributed by atoms with E-state index in [1.807, 2.05) is 0 Å². The molecule has 8 amide bonds. The van der Waals surface area contributed by atoms with Gasteiger partial charge in [-0.2, -0.15) is 0 Å². The minimum Gasteiger partial charge on any atom is -0.480 e. The van der Waals surface area contributed by atoms with Crippen molar-refractivity contribution in [2.24, 2.45) is 17.6 Å². The predicted octanol–water partition coefficient (Wildman–Crippen LogP) is -3.30. The Morgan fingerprint density at radius 2 is 1.25 bits per heavy atom. The molecule has 0 saturated carbocycles. The fourth-order valence-electron chi connectivity index (χ4n) is 5.27. The molecular formula is C36H56N8O12. The summed E-state index contributed by atoms with van der Waals surface area (Å²) < 4.78 is 0. The molecule has 20 heteroatoms. The fraction of sp³-hybridized carbons (Fsp3) is 0.583.